The zero-order valence-corrected chi connectivity index (χ0v) is 21.2. The Morgan fingerprint density at radius 1 is 1.11 bits per heavy atom. The molecule has 38 heavy (non-hydrogen) atoms. The van der Waals surface area contributed by atoms with Crippen LogP contribution in [0.3, 0.4) is 0 Å². The lowest BCUT2D eigenvalue weighted by Crippen LogP contribution is -2.50. The van der Waals surface area contributed by atoms with Gasteiger partial charge >= 0.3 is 0 Å². The number of benzene rings is 2. The van der Waals surface area contributed by atoms with Gasteiger partial charge in [-0.25, -0.2) is 0 Å². The van der Waals surface area contributed by atoms with Gasteiger partial charge in [-0.1, -0.05) is 54.1 Å². The number of hydrogen-bond acceptors (Lipinski definition) is 5. The second-order valence-electron chi connectivity index (χ2n) is 9.55. The van der Waals surface area contributed by atoms with Crippen molar-refractivity contribution in [3.05, 3.63) is 88.6 Å². The van der Waals surface area contributed by atoms with E-state index in [1.165, 1.54) is 0 Å². The lowest BCUT2D eigenvalue weighted by molar-refractivity contribution is -0.135. The molecule has 0 saturated carbocycles. The average molecular weight is 527 g/mol. The number of halogens is 1. The first-order valence-electron chi connectivity index (χ1n) is 12.3. The number of azo groups is 1. The number of allylic oxidation sites excluding steroid dienone is 3. The van der Waals surface area contributed by atoms with Crippen molar-refractivity contribution in [1.82, 2.24) is 14.7 Å². The van der Waals surface area contributed by atoms with E-state index in [-0.39, 0.29) is 17.7 Å². The number of carbonyl (C=O) groups is 3. The summed E-state index contributed by atoms with van der Waals surface area (Å²) in [7, 11) is 0. The van der Waals surface area contributed by atoms with E-state index in [1.54, 1.807) is 36.1 Å². The van der Waals surface area contributed by atoms with Gasteiger partial charge in [-0.15, -0.1) is 10.2 Å². The lowest BCUT2D eigenvalue weighted by Gasteiger charge is -2.38. The fraction of sp³-hybridized carbons (Fsp3) is 0.214. The van der Waals surface area contributed by atoms with E-state index in [1.807, 2.05) is 47.2 Å². The molecule has 1 saturated heterocycles. The highest BCUT2D eigenvalue weighted by Gasteiger charge is 2.31. The molecule has 6 rings (SSSR count). The van der Waals surface area contributed by atoms with Crippen molar-refractivity contribution in [2.45, 2.75) is 13.5 Å². The van der Waals surface area contributed by atoms with E-state index in [4.69, 9.17) is 11.6 Å². The number of likely N-dealkylation sites (tertiary alicyclic amines) is 1. The molecule has 0 radical (unpaired) electrons. The van der Waals surface area contributed by atoms with Crippen molar-refractivity contribution in [3.63, 3.8) is 0 Å². The van der Waals surface area contributed by atoms with Gasteiger partial charge in [-0.2, -0.15) is 5.10 Å². The SMILES string of the molecule is CC(=O)N1CC(Cn2nc(C(=O)Nc3ccc(C4=C5C=CC=CC5C(=O)N=N4)c(Cl)c3)c3ccccc32)C1. The molecule has 3 aliphatic rings. The third-order valence-electron chi connectivity index (χ3n) is 7.00. The fourth-order valence-electron chi connectivity index (χ4n) is 5.01. The number of hydrogen-bond donors (Lipinski definition) is 1. The summed E-state index contributed by atoms with van der Waals surface area (Å²) >= 11 is 6.61. The summed E-state index contributed by atoms with van der Waals surface area (Å²) in [5, 5.41) is 16.5. The van der Waals surface area contributed by atoms with Crippen LogP contribution < -0.4 is 5.32 Å². The molecule has 0 spiro atoms. The Kier molecular flexibility index (Phi) is 6.00. The van der Waals surface area contributed by atoms with Gasteiger partial charge in [0.05, 0.1) is 22.2 Å². The summed E-state index contributed by atoms with van der Waals surface area (Å²) in [5.74, 6) is -0.782. The lowest BCUT2D eigenvalue weighted by atomic mass is 9.89. The molecule has 190 valence electrons. The Morgan fingerprint density at radius 3 is 2.71 bits per heavy atom. The van der Waals surface area contributed by atoms with Crippen LogP contribution in [0.2, 0.25) is 5.02 Å². The molecule has 1 atom stereocenters. The first-order chi connectivity index (χ1) is 18.4. The van der Waals surface area contributed by atoms with Gasteiger partial charge in [-0.05, 0) is 29.8 Å². The summed E-state index contributed by atoms with van der Waals surface area (Å²) in [4.78, 5) is 38.7. The molecule has 1 fully saturated rings. The Balaban J connectivity index is 1.24. The number of nitrogens with one attached hydrogen (secondary N) is 1. The van der Waals surface area contributed by atoms with Gasteiger partial charge in [0.2, 0.25) is 5.91 Å². The molecular formula is C28H23ClN6O3. The summed E-state index contributed by atoms with van der Waals surface area (Å²) in [6.45, 7) is 3.57. The van der Waals surface area contributed by atoms with Crippen molar-refractivity contribution >= 4 is 51.6 Å². The highest BCUT2D eigenvalue weighted by molar-refractivity contribution is 6.33. The van der Waals surface area contributed by atoms with Crippen molar-refractivity contribution in [2.24, 2.45) is 22.1 Å². The van der Waals surface area contributed by atoms with Crippen LogP contribution in [0.25, 0.3) is 16.6 Å². The molecule has 9 nitrogen and oxygen atoms in total. The minimum Gasteiger partial charge on any atom is -0.342 e. The first-order valence-corrected chi connectivity index (χ1v) is 12.6. The molecule has 2 aromatic carbocycles. The average Bonchev–Trinajstić information content (AvgIpc) is 3.25. The van der Waals surface area contributed by atoms with Gasteiger partial charge in [0.1, 0.15) is 0 Å². The molecule has 10 heteroatoms. The molecule has 0 bridgehead atoms. The minimum atomic E-state index is -0.475. The van der Waals surface area contributed by atoms with Gasteiger partial charge in [-0.3, -0.25) is 19.1 Å². The van der Waals surface area contributed by atoms with Crippen molar-refractivity contribution in [3.8, 4) is 0 Å². The number of nitrogens with zero attached hydrogens (tertiary/aromatic N) is 5. The van der Waals surface area contributed by atoms with Gasteiger partial charge in [0, 0.05) is 49.1 Å². The Bertz CT molecular complexity index is 1630. The molecule has 3 aromatic rings. The van der Waals surface area contributed by atoms with Crippen LogP contribution in [-0.2, 0) is 16.1 Å². The number of para-hydroxylation sites is 1. The maximum absolute atomic E-state index is 13.3. The molecule has 1 aromatic heterocycles. The Labute approximate surface area is 223 Å². The summed E-state index contributed by atoms with van der Waals surface area (Å²) in [5.41, 5.74) is 3.57. The molecule has 3 heterocycles. The van der Waals surface area contributed by atoms with E-state index in [0.29, 0.717) is 53.2 Å². The standard InChI is InChI=1S/C28H23ClN6O3/c1-16(36)34-13-17(14-34)15-35-24-9-5-4-8-22(24)26(33-35)28(38)30-18-10-11-21(23(29)12-18)25-19-6-2-3-7-20(19)27(37)32-31-25/h2-12,17,20H,13-15H2,1H3,(H,30,38). The predicted octanol–water partition coefficient (Wildman–Crippen LogP) is 4.87. The van der Waals surface area contributed by atoms with Crippen LogP contribution in [0.4, 0.5) is 5.69 Å². The Morgan fingerprint density at radius 2 is 1.92 bits per heavy atom. The number of aromatic nitrogens is 2. The quantitative estimate of drug-likeness (QED) is 0.511. The number of rotatable bonds is 5. The van der Waals surface area contributed by atoms with Crippen molar-refractivity contribution < 1.29 is 14.4 Å². The second kappa shape index (κ2) is 9.50. The van der Waals surface area contributed by atoms with Crippen LogP contribution in [0.15, 0.2) is 82.6 Å². The van der Waals surface area contributed by atoms with Crippen LogP contribution in [0.5, 0.6) is 0 Å². The number of amides is 3. The van der Waals surface area contributed by atoms with Gasteiger partial charge in [0.25, 0.3) is 11.8 Å². The van der Waals surface area contributed by atoms with Crippen LogP contribution in [0.1, 0.15) is 23.0 Å². The second-order valence-corrected chi connectivity index (χ2v) is 9.96. The fourth-order valence-corrected chi connectivity index (χ4v) is 5.28. The highest BCUT2D eigenvalue weighted by Crippen LogP contribution is 2.37. The van der Waals surface area contributed by atoms with Gasteiger partial charge in [0.15, 0.2) is 5.69 Å². The van der Waals surface area contributed by atoms with Gasteiger partial charge < -0.3 is 10.2 Å². The van der Waals surface area contributed by atoms with Crippen LogP contribution in [0, 0.1) is 11.8 Å². The maximum atomic E-state index is 13.3. The smallest absolute Gasteiger partial charge is 0.276 e. The molecule has 3 amide bonds. The summed E-state index contributed by atoms with van der Waals surface area (Å²) < 4.78 is 1.84. The first kappa shape index (κ1) is 24.0. The molecule has 1 aliphatic carbocycles. The summed E-state index contributed by atoms with van der Waals surface area (Å²) in [6.07, 6.45) is 7.27. The number of fused-ring (bicyclic) bond motifs is 2. The monoisotopic (exact) mass is 526 g/mol. The van der Waals surface area contributed by atoms with E-state index in [9.17, 15) is 14.4 Å². The van der Waals surface area contributed by atoms with E-state index >= 15 is 0 Å². The largest absolute Gasteiger partial charge is 0.342 e. The zero-order chi connectivity index (χ0) is 26.4. The van der Waals surface area contributed by atoms with Crippen LogP contribution in [-0.4, -0.2) is 45.5 Å². The molecule has 1 unspecified atom stereocenters. The summed E-state index contributed by atoms with van der Waals surface area (Å²) in [6, 6.07) is 12.7. The minimum absolute atomic E-state index is 0.0696. The molecule has 2 aliphatic heterocycles. The maximum Gasteiger partial charge on any atom is 0.276 e. The highest BCUT2D eigenvalue weighted by atomic mass is 35.5. The molecular weight excluding hydrogens is 504 g/mol. The van der Waals surface area contributed by atoms with Crippen molar-refractivity contribution in [2.75, 3.05) is 18.4 Å². The third-order valence-corrected chi connectivity index (χ3v) is 7.32. The number of carbonyl (C=O) groups excluding carboxylic acids is 3. The van der Waals surface area contributed by atoms with Crippen molar-refractivity contribution in [1.29, 1.82) is 0 Å². The number of anilines is 1. The normalized spacial score (nSPS) is 18.6. The third kappa shape index (κ3) is 4.24. The molecule has 1 N–H and O–H groups in total. The Hall–Kier alpha value is -4.37. The van der Waals surface area contributed by atoms with E-state index in [0.717, 1.165) is 16.5 Å². The van der Waals surface area contributed by atoms with E-state index < -0.39 is 5.92 Å². The van der Waals surface area contributed by atoms with E-state index in [2.05, 4.69) is 20.6 Å². The topological polar surface area (TPSA) is 109 Å². The van der Waals surface area contributed by atoms with Crippen LogP contribution >= 0.6 is 11.6 Å². The predicted molar refractivity (Wildman–Crippen MR) is 143 cm³/mol. The zero-order valence-electron chi connectivity index (χ0n) is 20.5.